The van der Waals surface area contributed by atoms with Crippen LogP contribution in [0.4, 0.5) is 0 Å². The molecule has 2 rings (SSSR count). The van der Waals surface area contributed by atoms with Crippen LogP contribution in [0.25, 0.3) is 0 Å². The summed E-state index contributed by atoms with van der Waals surface area (Å²) in [4.78, 5) is 37.7. The van der Waals surface area contributed by atoms with Gasteiger partial charge in [-0.25, -0.2) is 4.79 Å². The molecule has 1 amide bonds. The van der Waals surface area contributed by atoms with Gasteiger partial charge in [0.25, 0.3) is 0 Å². The van der Waals surface area contributed by atoms with Crippen LogP contribution in [0.1, 0.15) is 38.7 Å². The SMILES string of the molecule is CCOC(=O)[C@H](CCc1ccccc1)N[C@@H](C)C(=O)N1CCC[C@H]1C(=O)O.[CaH2]. The molecule has 3 atom stereocenters. The van der Waals surface area contributed by atoms with Gasteiger partial charge >= 0.3 is 49.7 Å². The first-order valence-corrected chi connectivity index (χ1v) is 9.44. The third-order valence-corrected chi connectivity index (χ3v) is 4.78. The minimum absolute atomic E-state index is 0. The molecule has 0 radical (unpaired) electrons. The molecule has 0 bridgehead atoms. The topological polar surface area (TPSA) is 95.9 Å². The van der Waals surface area contributed by atoms with Gasteiger partial charge in [0.05, 0.1) is 12.6 Å². The first kappa shape index (κ1) is 24.9. The number of nitrogens with zero attached hydrogens (tertiary/aromatic N) is 1. The van der Waals surface area contributed by atoms with Gasteiger partial charge in [-0.1, -0.05) is 30.3 Å². The number of hydrogen-bond acceptors (Lipinski definition) is 5. The second kappa shape index (κ2) is 12.4. The van der Waals surface area contributed by atoms with E-state index in [1.807, 2.05) is 30.3 Å². The number of benzene rings is 1. The van der Waals surface area contributed by atoms with Gasteiger partial charge in [-0.3, -0.25) is 14.9 Å². The number of aryl methyl sites for hydroxylation is 1. The summed E-state index contributed by atoms with van der Waals surface area (Å²) in [6, 6.07) is 7.69. The van der Waals surface area contributed by atoms with Crippen LogP contribution >= 0.6 is 0 Å². The van der Waals surface area contributed by atoms with Gasteiger partial charge in [0.2, 0.25) is 5.91 Å². The van der Waals surface area contributed by atoms with E-state index in [0.717, 1.165) is 5.56 Å². The summed E-state index contributed by atoms with van der Waals surface area (Å²) in [7, 11) is 0. The van der Waals surface area contributed by atoms with Crippen molar-refractivity contribution >= 4 is 55.6 Å². The molecule has 1 aromatic rings. The van der Waals surface area contributed by atoms with E-state index >= 15 is 0 Å². The summed E-state index contributed by atoms with van der Waals surface area (Å²) >= 11 is 0. The van der Waals surface area contributed by atoms with Gasteiger partial charge in [0.15, 0.2) is 0 Å². The zero-order valence-corrected chi connectivity index (χ0v) is 15.9. The monoisotopic (exact) mass is 418 g/mol. The molecule has 1 aromatic carbocycles. The van der Waals surface area contributed by atoms with Crippen molar-refractivity contribution in [1.29, 1.82) is 0 Å². The van der Waals surface area contributed by atoms with Gasteiger partial charge in [-0.05, 0) is 45.1 Å². The first-order chi connectivity index (χ1) is 12.9. The second-order valence-electron chi connectivity index (χ2n) is 6.75. The number of likely N-dealkylation sites (tertiary alicyclic amines) is 1. The number of esters is 1. The second-order valence-corrected chi connectivity index (χ2v) is 6.75. The molecule has 1 heterocycles. The normalized spacial score (nSPS) is 18.1. The third-order valence-electron chi connectivity index (χ3n) is 4.78. The number of hydrogen-bond donors (Lipinski definition) is 2. The van der Waals surface area contributed by atoms with Gasteiger partial charge in [-0.2, -0.15) is 0 Å². The molecule has 1 aliphatic heterocycles. The first-order valence-electron chi connectivity index (χ1n) is 9.44. The third kappa shape index (κ3) is 7.03. The molecule has 28 heavy (non-hydrogen) atoms. The van der Waals surface area contributed by atoms with Crippen LogP contribution in [0.5, 0.6) is 0 Å². The molecule has 1 aliphatic rings. The number of carbonyl (C=O) groups excluding carboxylic acids is 2. The van der Waals surface area contributed by atoms with Crippen LogP contribution in [0, 0.1) is 0 Å². The number of carboxylic acids is 1. The van der Waals surface area contributed by atoms with Crippen molar-refractivity contribution in [2.45, 2.75) is 57.7 Å². The molecule has 0 saturated carbocycles. The summed E-state index contributed by atoms with van der Waals surface area (Å²) in [5.74, 6) is -1.68. The van der Waals surface area contributed by atoms with Crippen molar-refractivity contribution in [3.8, 4) is 0 Å². The van der Waals surface area contributed by atoms with Crippen molar-refractivity contribution < 1.29 is 24.2 Å². The fraction of sp³-hybridized carbons (Fsp3) is 0.550. The van der Waals surface area contributed by atoms with Crippen LogP contribution in [0.2, 0.25) is 0 Å². The molecule has 8 heteroatoms. The molecule has 2 N–H and O–H groups in total. The molecule has 0 unspecified atom stereocenters. The van der Waals surface area contributed by atoms with E-state index in [4.69, 9.17) is 4.74 Å². The standard InChI is InChI=1S/C20H28N2O5.Ca.2H/c1-3-27-20(26)16(12-11-15-8-5-4-6-9-15)21-14(2)18(23)22-13-7-10-17(22)19(24)25;;;/h4-6,8-9,14,16-17,21H,3,7,10-13H2,1-2H3,(H,24,25);;;/t14-,16-,17-;;;/m0.../s1. The Hall–Kier alpha value is -1.15. The summed E-state index contributed by atoms with van der Waals surface area (Å²) in [5, 5.41) is 12.3. The van der Waals surface area contributed by atoms with Gasteiger partial charge in [0, 0.05) is 6.54 Å². The number of ether oxygens (including phenoxy) is 1. The Morgan fingerprint density at radius 1 is 1.29 bits per heavy atom. The summed E-state index contributed by atoms with van der Waals surface area (Å²) in [6.07, 6.45) is 2.29. The summed E-state index contributed by atoms with van der Waals surface area (Å²) in [5.41, 5.74) is 1.10. The maximum absolute atomic E-state index is 12.7. The Bertz CT molecular complexity index is 655. The molecule has 1 saturated heterocycles. The van der Waals surface area contributed by atoms with Crippen LogP contribution < -0.4 is 5.32 Å². The van der Waals surface area contributed by atoms with Gasteiger partial charge in [0.1, 0.15) is 12.1 Å². The van der Waals surface area contributed by atoms with E-state index in [9.17, 15) is 19.5 Å². The number of amides is 1. The number of carbonyl (C=O) groups is 3. The van der Waals surface area contributed by atoms with Crippen LogP contribution in [-0.2, 0) is 25.5 Å². The van der Waals surface area contributed by atoms with Crippen molar-refractivity contribution in [2.75, 3.05) is 13.2 Å². The van der Waals surface area contributed by atoms with E-state index in [1.165, 1.54) is 4.90 Å². The molecule has 0 aromatic heterocycles. The predicted octanol–water partition coefficient (Wildman–Crippen LogP) is 0.688. The molecule has 7 nitrogen and oxygen atoms in total. The summed E-state index contributed by atoms with van der Waals surface area (Å²) in [6.45, 7) is 4.09. The number of rotatable bonds is 9. The Balaban J connectivity index is 0.00000392. The van der Waals surface area contributed by atoms with Crippen molar-refractivity contribution in [2.24, 2.45) is 0 Å². The molecular weight excluding hydrogens is 388 g/mol. The molecular formula is C20H30CaN2O5. The van der Waals surface area contributed by atoms with E-state index in [2.05, 4.69) is 5.32 Å². The minimum atomic E-state index is -0.987. The van der Waals surface area contributed by atoms with E-state index in [-0.39, 0.29) is 50.3 Å². The zero-order valence-electron chi connectivity index (χ0n) is 15.9. The van der Waals surface area contributed by atoms with Gasteiger partial charge in [-0.15, -0.1) is 0 Å². The average Bonchev–Trinajstić information content (AvgIpc) is 3.15. The van der Waals surface area contributed by atoms with E-state index < -0.39 is 30.1 Å². The van der Waals surface area contributed by atoms with Crippen LogP contribution in [0.15, 0.2) is 30.3 Å². The number of aliphatic carboxylic acids is 1. The number of nitrogens with one attached hydrogen (secondary N) is 1. The Kier molecular flexibility index (Phi) is 11.0. The molecule has 0 spiro atoms. The van der Waals surface area contributed by atoms with Crippen LogP contribution in [0.3, 0.4) is 0 Å². The van der Waals surface area contributed by atoms with Crippen molar-refractivity contribution in [3.05, 3.63) is 35.9 Å². The quantitative estimate of drug-likeness (QED) is 0.453. The fourth-order valence-electron chi connectivity index (χ4n) is 3.38. The van der Waals surface area contributed by atoms with Crippen LogP contribution in [-0.4, -0.2) is 96.9 Å². The number of carboxylic acid groups (broad SMARTS) is 1. The molecule has 1 fully saturated rings. The van der Waals surface area contributed by atoms with Crippen molar-refractivity contribution in [1.82, 2.24) is 10.2 Å². The fourth-order valence-corrected chi connectivity index (χ4v) is 3.38. The van der Waals surface area contributed by atoms with E-state index in [1.54, 1.807) is 13.8 Å². The molecule has 152 valence electrons. The Morgan fingerprint density at radius 2 is 1.96 bits per heavy atom. The van der Waals surface area contributed by atoms with Gasteiger partial charge < -0.3 is 14.7 Å². The summed E-state index contributed by atoms with van der Waals surface area (Å²) < 4.78 is 5.14. The Labute approximate surface area is 195 Å². The van der Waals surface area contributed by atoms with E-state index in [0.29, 0.717) is 32.2 Å². The average molecular weight is 419 g/mol. The molecule has 0 aliphatic carbocycles. The Morgan fingerprint density at radius 3 is 2.57 bits per heavy atom. The van der Waals surface area contributed by atoms with Crippen molar-refractivity contribution in [3.63, 3.8) is 0 Å². The zero-order chi connectivity index (χ0) is 19.8. The predicted molar refractivity (Wildman–Crippen MR) is 109 cm³/mol. The maximum atomic E-state index is 12.7.